The van der Waals surface area contributed by atoms with E-state index in [4.69, 9.17) is 5.73 Å². The highest BCUT2D eigenvalue weighted by Crippen LogP contribution is 2.22. The van der Waals surface area contributed by atoms with E-state index >= 15 is 0 Å². The number of carbonyl (C=O) groups excluding carboxylic acids is 2. The lowest BCUT2D eigenvalue weighted by atomic mass is 9.97. The van der Waals surface area contributed by atoms with E-state index in [1.807, 2.05) is 0 Å². The van der Waals surface area contributed by atoms with Crippen molar-refractivity contribution >= 4 is 24.2 Å². The minimum atomic E-state index is -0.780. The van der Waals surface area contributed by atoms with Crippen molar-refractivity contribution in [3.8, 4) is 0 Å². The van der Waals surface area contributed by atoms with Crippen LogP contribution in [0.1, 0.15) is 20.8 Å². The van der Waals surface area contributed by atoms with Crippen LogP contribution in [0.25, 0.3) is 0 Å². The smallest absolute Gasteiger partial charge is 0.247 e. The third kappa shape index (κ3) is 2.47. The Kier molecular flexibility index (Phi) is 4.76. The highest BCUT2D eigenvalue weighted by molar-refractivity contribution is 5.93. The minimum Gasteiger partial charge on any atom is -0.342 e. The third-order valence-corrected chi connectivity index (χ3v) is 2.86. The van der Waals surface area contributed by atoms with E-state index < -0.39 is 11.6 Å². The molecule has 1 atom stereocenters. The Hall–Kier alpha value is -0.810. The van der Waals surface area contributed by atoms with Gasteiger partial charge in [0, 0.05) is 20.1 Å². The van der Waals surface area contributed by atoms with Crippen molar-refractivity contribution < 1.29 is 9.59 Å². The largest absolute Gasteiger partial charge is 0.342 e. The van der Waals surface area contributed by atoms with E-state index in [2.05, 4.69) is 0 Å². The van der Waals surface area contributed by atoms with Gasteiger partial charge in [-0.3, -0.25) is 9.59 Å². The Bertz CT molecular complexity index is 292. The molecule has 1 heterocycles. The van der Waals surface area contributed by atoms with Crippen LogP contribution in [0.15, 0.2) is 0 Å². The standard InChI is InChI=1S/C10H19N3O2.ClH/c1-7(11)8(14)13-6-5-12(4)9(15)10(13,2)3;/h7H,5-6,11H2,1-4H3;1H/t7-;/m0./s1. The average molecular weight is 250 g/mol. The van der Waals surface area contributed by atoms with Gasteiger partial charge >= 0.3 is 0 Å². The first-order valence-corrected chi connectivity index (χ1v) is 5.11. The average Bonchev–Trinajstić information content (AvgIpc) is 2.13. The molecule has 0 aromatic carbocycles. The molecule has 1 rings (SSSR count). The molecule has 1 aliphatic rings. The van der Waals surface area contributed by atoms with Gasteiger partial charge in [0.05, 0.1) is 6.04 Å². The van der Waals surface area contributed by atoms with E-state index in [1.54, 1.807) is 37.6 Å². The highest BCUT2D eigenvalue weighted by atomic mass is 35.5. The summed E-state index contributed by atoms with van der Waals surface area (Å²) in [5.41, 5.74) is 4.77. The van der Waals surface area contributed by atoms with Crippen LogP contribution in [-0.4, -0.2) is 53.3 Å². The molecule has 0 aromatic rings. The van der Waals surface area contributed by atoms with Crippen LogP contribution in [0.3, 0.4) is 0 Å². The van der Waals surface area contributed by atoms with Crippen molar-refractivity contribution in [2.75, 3.05) is 20.1 Å². The number of rotatable bonds is 1. The Morgan fingerprint density at radius 2 is 1.94 bits per heavy atom. The van der Waals surface area contributed by atoms with Gasteiger partial charge in [-0.1, -0.05) is 0 Å². The number of amides is 2. The molecule has 16 heavy (non-hydrogen) atoms. The summed E-state index contributed by atoms with van der Waals surface area (Å²) in [6, 6.07) is -0.555. The molecule has 94 valence electrons. The van der Waals surface area contributed by atoms with Crippen molar-refractivity contribution in [3.63, 3.8) is 0 Å². The number of nitrogens with zero attached hydrogens (tertiary/aromatic N) is 2. The second-order valence-electron chi connectivity index (χ2n) is 4.56. The van der Waals surface area contributed by atoms with E-state index in [-0.39, 0.29) is 24.2 Å². The molecule has 1 fully saturated rings. The zero-order chi connectivity index (χ0) is 11.8. The van der Waals surface area contributed by atoms with Crippen LogP contribution >= 0.6 is 12.4 Å². The fraction of sp³-hybridized carbons (Fsp3) is 0.800. The van der Waals surface area contributed by atoms with Gasteiger partial charge in [-0.2, -0.15) is 0 Å². The van der Waals surface area contributed by atoms with Gasteiger partial charge < -0.3 is 15.5 Å². The van der Waals surface area contributed by atoms with Gasteiger partial charge in [0.2, 0.25) is 11.8 Å². The van der Waals surface area contributed by atoms with Crippen molar-refractivity contribution in [2.45, 2.75) is 32.4 Å². The first-order valence-electron chi connectivity index (χ1n) is 5.11. The molecule has 0 saturated carbocycles. The first-order chi connectivity index (χ1) is 6.78. The summed E-state index contributed by atoms with van der Waals surface area (Å²) in [7, 11) is 1.75. The molecule has 1 aliphatic heterocycles. The number of nitrogens with two attached hydrogens (primary N) is 1. The van der Waals surface area contributed by atoms with Gasteiger partial charge in [-0.25, -0.2) is 0 Å². The molecule has 0 radical (unpaired) electrons. The number of hydrogen-bond acceptors (Lipinski definition) is 3. The normalized spacial score (nSPS) is 21.4. The Balaban J connectivity index is 0.00000225. The summed E-state index contributed by atoms with van der Waals surface area (Å²) in [6.45, 7) is 6.27. The summed E-state index contributed by atoms with van der Waals surface area (Å²) in [4.78, 5) is 26.9. The predicted octanol–water partition coefficient (Wildman–Crippen LogP) is -0.165. The Labute approximate surface area is 102 Å². The van der Waals surface area contributed by atoms with Gasteiger partial charge in [0.1, 0.15) is 5.54 Å². The second kappa shape index (κ2) is 5.01. The summed E-state index contributed by atoms with van der Waals surface area (Å²) >= 11 is 0. The molecule has 0 spiro atoms. The molecule has 6 heteroatoms. The van der Waals surface area contributed by atoms with Gasteiger partial charge in [-0.05, 0) is 20.8 Å². The van der Waals surface area contributed by atoms with Gasteiger partial charge in [0.15, 0.2) is 0 Å². The molecule has 0 unspecified atom stereocenters. The van der Waals surface area contributed by atoms with E-state index in [0.717, 1.165) is 0 Å². The molecular weight excluding hydrogens is 230 g/mol. The van der Waals surface area contributed by atoms with Crippen LogP contribution in [0, 0.1) is 0 Å². The van der Waals surface area contributed by atoms with Crippen molar-refractivity contribution in [2.24, 2.45) is 5.73 Å². The quantitative estimate of drug-likeness (QED) is 0.702. The summed E-state index contributed by atoms with van der Waals surface area (Å²) in [6.07, 6.45) is 0. The fourth-order valence-corrected chi connectivity index (χ4v) is 1.85. The number of carbonyl (C=O) groups is 2. The Morgan fingerprint density at radius 3 is 2.38 bits per heavy atom. The lowest BCUT2D eigenvalue weighted by Gasteiger charge is -2.45. The van der Waals surface area contributed by atoms with Crippen LogP contribution in [0.5, 0.6) is 0 Å². The summed E-state index contributed by atoms with van der Waals surface area (Å²) < 4.78 is 0. The molecule has 5 nitrogen and oxygen atoms in total. The molecule has 2 N–H and O–H groups in total. The summed E-state index contributed by atoms with van der Waals surface area (Å²) in [5, 5.41) is 0. The number of likely N-dealkylation sites (N-methyl/N-ethyl adjacent to an activating group) is 1. The number of halogens is 1. The molecule has 0 aromatic heterocycles. The molecule has 0 aliphatic carbocycles. The van der Waals surface area contributed by atoms with Crippen LogP contribution < -0.4 is 5.73 Å². The van der Waals surface area contributed by atoms with Crippen LogP contribution in [0.4, 0.5) is 0 Å². The minimum absolute atomic E-state index is 0. The fourth-order valence-electron chi connectivity index (χ4n) is 1.85. The highest BCUT2D eigenvalue weighted by Gasteiger charge is 2.43. The molecular formula is C10H20ClN3O2. The third-order valence-electron chi connectivity index (χ3n) is 2.86. The maximum atomic E-state index is 11.9. The van der Waals surface area contributed by atoms with Crippen molar-refractivity contribution in [3.05, 3.63) is 0 Å². The van der Waals surface area contributed by atoms with Gasteiger partial charge in [0.25, 0.3) is 0 Å². The number of hydrogen-bond donors (Lipinski definition) is 1. The van der Waals surface area contributed by atoms with E-state index in [0.29, 0.717) is 13.1 Å². The Morgan fingerprint density at radius 1 is 1.44 bits per heavy atom. The summed E-state index contributed by atoms with van der Waals surface area (Å²) in [5.74, 6) is -0.204. The van der Waals surface area contributed by atoms with E-state index in [9.17, 15) is 9.59 Å². The van der Waals surface area contributed by atoms with Gasteiger partial charge in [-0.15, -0.1) is 12.4 Å². The SMILES string of the molecule is C[C@H](N)C(=O)N1CCN(C)C(=O)C1(C)C.Cl. The topological polar surface area (TPSA) is 66.6 Å². The molecule has 1 saturated heterocycles. The first kappa shape index (κ1) is 15.2. The van der Waals surface area contributed by atoms with Crippen LogP contribution in [0.2, 0.25) is 0 Å². The molecule has 2 amide bonds. The maximum absolute atomic E-state index is 11.9. The van der Waals surface area contributed by atoms with Crippen molar-refractivity contribution in [1.29, 1.82) is 0 Å². The van der Waals surface area contributed by atoms with Crippen LogP contribution in [-0.2, 0) is 9.59 Å². The number of piperazine rings is 1. The molecule has 0 bridgehead atoms. The zero-order valence-electron chi connectivity index (χ0n) is 10.2. The lowest BCUT2D eigenvalue weighted by molar-refractivity contribution is -0.157. The van der Waals surface area contributed by atoms with Crippen molar-refractivity contribution in [1.82, 2.24) is 9.80 Å². The van der Waals surface area contributed by atoms with E-state index in [1.165, 1.54) is 0 Å². The monoisotopic (exact) mass is 249 g/mol. The predicted molar refractivity (Wildman–Crippen MR) is 64.3 cm³/mol. The zero-order valence-corrected chi connectivity index (χ0v) is 11.0. The second-order valence-corrected chi connectivity index (χ2v) is 4.56. The maximum Gasteiger partial charge on any atom is 0.247 e. The lowest BCUT2D eigenvalue weighted by Crippen LogP contribution is -2.65.